The molecule has 4 nitrogen and oxygen atoms in total. The molecule has 1 N–H and O–H groups in total. The third-order valence-electron chi connectivity index (χ3n) is 3.37. The minimum atomic E-state index is -3.46. The van der Waals surface area contributed by atoms with Gasteiger partial charge in [-0.2, -0.15) is 0 Å². The highest BCUT2D eigenvalue weighted by atomic mass is 79.9. The Kier molecular flexibility index (Phi) is 5.59. The Hall–Kier alpha value is -1.66. The van der Waals surface area contributed by atoms with Gasteiger partial charge in [-0.05, 0) is 43.2 Å². The number of carbonyl (C=O) groups excluding carboxylic acids is 1. The van der Waals surface area contributed by atoms with E-state index in [0.29, 0.717) is 12.1 Å². The number of carbonyl (C=O) groups is 1. The van der Waals surface area contributed by atoms with Crippen LogP contribution < -0.4 is 5.32 Å². The molecule has 0 aliphatic rings. The maximum atomic E-state index is 12.5. The van der Waals surface area contributed by atoms with Gasteiger partial charge in [0.05, 0.1) is 16.2 Å². The number of anilines is 1. The second-order valence-corrected chi connectivity index (χ2v) is 8.17. The van der Waals surface area contributed by atoms with Crippen molar-refractivity contribution in [1.82, 2.24) is 0 Å². The fourth-order valence-electron chi connectivity index (χ4n) is 2.17. The molecule has 0 saturated carbocycles. The van der Waals surface area contributed by atoms with Crippen LogP contribution in [0.1, 0.15) is 29.3 Å². The monoisotopic (exact) mass is 395 g/mol. The van der Waals surface area contributed by atoms with Crippen LogP contribution in [0.5, 0.6) is 0 Å². The van der Waals surface area contributed by atoms with Crippen LogP contribution in [-0.2, 0) is 9.84 Å². The van der Waals surface area contributed by atoms with E-state index in [2.05, 4.69) is 21.2 Å². The zero-order chi connectivity index (χ0) is 17.0. The van der Waals surface area contributed by atoms with Crippen LogP contribution in [0.2, 0.25) is 0 Å². The van der Waals surface area contributed by atoms with E-state index in [1.807, 2.05) is 13.0 Å². The molecule has 0 atom stereocenters. The van der Waals surface area contributed by atoms with Crippen molar-refractivity contribution >= 4 is 37.4 Å². The molecule has 0 fully saturated rings. The Morgan fingerprint density at radius 1 is 1.17 bits per heavy atom. The van der Waals surface area contributed by atoms with Gasteiger partial charge in [0.25, 0.3) is 5.91 Å². The highest BCUT2D eigenvalue weighted by molar-refractivity contribution is 9.10. The van der Waals surface area contributed by atoms with Gasteiger partial charge in [0.1, 0.15) is 0 Å². The molecule has 122 valence electrons. The van der Waals surface area contributed by atoms with Crippen LogP contribution in [0.4, 0.5) is 5.69 Å². The summed E-state index contributed by atoms with van der Waals surface area (Å²) < 4.78 is 25.5. The van der Waals surface area contributed by atoms with E-state index in [1.54, 1.807) is 31.2 Å². The SMILES string of the molecule is CCCS(=O)(=O)c1ccccc1C(=O)Nc1ccc(C)c(Br)c1. The van der Waals surface area contributed by atoms with E-state index in [-0.39, 0.29) is 16.2 Å². The van der Waals surface area contributed by atoms with Crippen LogP contribution in [0.25, 0.3) is 0 Å². The number of aryl methyl sites for hydroxylation is 1. The zero-order valence-electron chi connectivity index (χ0n) is 13.0. The van der Waals surface area contributed by atoms with Gasteiger partial charge in [0.2, 0.25) is 0 Å². The summed E-state index contributed by atoms with van der Waals surface area (Å²) in [5.41, 5.74) is 1.82. The lowest BCUT2D eigenvalue weighted by molar-refractivity contribution is 0.102. The van der Waals surface area contributed by atoms with Crippen LogP contribution >= 0.6 is 15.9 Å². The first-order valence-electron chi connectivity index (χ1n) is 7.24. The second kappa shape index (κ2) is 7.27. The fourth-order valence-corrected chi connectivity index (χ4v) is 4.09. The second-order valence-electron chi connectivity index (χ2n) is 5.23. The van der Waals surface area contributed by atoms with Gasteiger partial charge in [0, 0.05) is 10.2 Å². The molecule has 0 saturated heterocycles. The summed E-state index contributed by atoms with van der Waals surface area (Å²) in [6, 6.07) is 11.7. The minimum Gasteiger partial charge on any atom is -0.322 e. The predicted molar refractivity (Wildman–Crippen MR) is 95.6 cm³/mol. The van der Waals surface area contributed by atoms with Crippen molar-refractivity contribution in [3.05, 3.63) is 58.1 Å². The van der Waals surface area contributed by atoms with Gasteiger partial charge in [-0.15, -0.1) is 0 Å². The molecule has 2 aromatic rings. The van der Waals surface area contributed by atoms with Gasteiger partial charge in [-0.3, -0.25) is 4.79 Å². The summed E-state index contributed by atoms with van der Waals surface area (Å²) in [7, 11) is -3.46. The average molecular weight is 396 g/mol. The van der Waals surface area contributed by atoms with Gasteiger partial charge < -0.3 is 5.32 Å². The Labute approximate surface area is 145 Å². The van der Waals surface area contributed by atoms with E-state index >= 15 is 0 Å². The number of benzene rings is 2. The van der Waals surface area contributed by atoms with Crippen LogP contribution in [0.15, 0.2) is 51.8 Å². The zero-order valence-corrected chi connectivity index (χ0v) is 15.4. The third-order valence-corrected chi connectivity index (χ3v) is 6.20. The number of hydrogen-bond donors (Lipinski definition) is 1. The van der Waals surface area contributed by atoms with E-state index in [9.17, 15) is 13.2 Å². The molecule has 0 radical (unpaired) electrons. The molecule has 23 heavy (non-hydrogen) atoms. The maximum Gasteiger partial charge on any atom is 0.256 e. The maximum absolute atomic E-state index is 12.5. The topological polar surface area (TPSA) is 63.2 Å². The van der Waals surface area contributed by atoms with Crippen molar-refractivity contribution in [2.45, 2.75) is 25.2 Å². The van der Waals surface area contributed by atoms with E-state index in [4.69, 9.17) is 0 Å². The smallest absolute Gasteiger partial charge is 0.256 e. The molecule has 0 aliphatic heterocycles. The summed E-state index contributed by atoms with van der Waals surface area (Å²) in [5.74, 6) is -0.413. The van der Waals surface area contributed by atoms with Crippen molar-refractivity contribution in [2.24, 2.45) is 0 Å². The molecule has 0 bridgehead atoms. The van der Waals surface area contributed by atoms with E-state index in [1.165, 1.54) is 12.1 Å². The summed E-state index contributed by atoms with van der Waals surface area (Å²) in [6.45, 7) is 3.74. The standard InChI is InChI=1S/C17H18BrNO3S/c1-3-10-23(21,22)16-7-5-4-6-14(16)17(20)19-13-9-8-12(2)15(18)11-13/h4-9,11H,3,10H2,1-2H3,(H,19,20). The highest BCUT2D eigenvalue weighted by Crippen LogP contribution is 2.23. The van der Waals surface area contributed by atoms with Gasteiger partial charge in [-0.1, -0.05) is 41.1 Å². The molecular weight excluding hydrogens is 378 g/mol. The first-order chi connectivity index (χ1) is 10.8. The highest BCUT2D eigenvalue weighted by Gasteiger charge is 2.21. The Bertz CT molecular complexity index is 831. The van der Waals surface area contributed by atoms with Crippen LogP contribution in [0.3, 0.4) is 0 Å². The van der Waals surface area contributed by atoms with E-state index in [0.717, 1.165) is 10.0 Å². The Morgan fingerprint density at radius 3 is 2.52 bits per heavy atom. The molecule has 2 aromatic carbocycles. The molecule has 0 heterocycles. The molecule has 2 rings (SSSR count). The van der Waals surface area contributed by atoms with E-state index < -0.39 is 15.7 Å². The van der Waals surface area contributed by atoms with Gasteiger partial charge in [-0.25, -0.2) is 8.42 Å². The van der Waals surface area contributed by atoms with Crippen molar-refractivity contribution in [3.8, 4) is 0 Å². The molecule has 6 heteroatoms. The van der Waals surface area contributed by atoms with Gasteiger partial charge >= 0.3 is 0 Å². The first kappa shape index (κ1) is 17.7. The number of halogens is 1. The average Bonchev–Trinajstić information content (AvgIpc) is 2.51. The molecule has 0 aliphatic carbocycles. The minimum absolute atomic E-state index is 0.0212. The summed E-state index contributed by atoms with van der Waals surface area (Å²) in [4.78, 5) is 12.6. The van der Waals surface area contributed by atoms with Crippen molar-refractivity contribution in [3.63, 3.8) is 0 Å². The number of amides is 1. The Balaban J connectivity index is 2.35. The first-order valence-corrected chi connectivity index (χ1v) is 9.69. The van der Waals surface area contributed by atoms with Gasteiger partial charge in [0.15, 0.2) is 9.84 Å². The quantitative estimate of drug-likeness (QED) is 0.824. The van der Waals surface area contributed by atoms with Crippen molar-refractivity contribution in [2.75, 3.05) is 11.1 Å². The number of hydrogen-bond acceptors (Lipinski definition) is 3. The van der Waals surface area contributed by atoms with Crippen LogP contribution in [-0.4, -0.2) is 20.1 Å². The largest absolute Gasteiger partial charge is 0.322 e. The fraction of sp³-hybridized carbons (Fsp3) is 0.235. The van der Waals surface area contributed by atoms with Crippen molar-refractivity contribution in [1.29, 1.82) is 0 Å². The third kappa shape index (κ3) is 4.20. The Morgan fingerprint density at radius 2 is 1.87 bits per heavy atom. The summed E-state index contributed by atoms with van der Waals surface area (Å²) >= 11 is 3.41. The lowest BCUT2D eigenvalue weighted by atomic mass is 10.2. The molecular formula is C17H18BrNO3S. The number of rotatable bonds is 5. The number of nitrogens with one attached hydrogen (secondary N) is 1. The van der Waals surface area contributed by atoms with Crippen LogP contribution in [0, 0.1) is 6.92 Å². The summed E-state index contributed by atoms with van der Waals surface area (Å²) in [6.07, 6.45) is 0.503. The summed E-state index contributed by atoms with van der Waals surface area (Å²) in [5, 5.41) is 2.75. The molecule has 0 spiro atoms. The lowest BCUT2D eigenvalue weighted by Gasteiger charge is -2.11. The molecule has 1 amide bonds. The molecule has 0 unspecified atom stereocenters. The molecule has 0 aromatic heterocycles. The normalized spacial score (nSPS) is 11.3. The van der Waals surface area contributed by atoms with Crippen molar-refractivity contribution < 1.29 is 13.2 Å². The predicted octanol–water partition coefficient (Wildman–Crippen LogP) is 4.19. The lowest BCUT2D eigenvalue weighted by Crippen LogP contribution is -2.17. The number of sulfone groups is 1.